The van der Waals surface area contributed by atoms with Gasteiger partial charge in [0.15, 0.2) is 11.5 Å². The van der Waals surface area contributed by atoms with E-state index >= 15 is 0 Å². The Morgan fingerprint density at radius 2 is 2.05 bits per heavy atom. The van der Waals surface area contributed by atoms with Gasteiger partial charge >= 0.3 is 0 Å². The number of aromatic nitrogens is 7. The highest BCUT2D eigenvalue weighted by molar-refractivity contribution is 6.16. The van der Waals surface area contributed by atoms with Gasteiger partial charge in [-0.05, 0) is 6.42 Å². The van der Waals surface area contributed by atoms with Crippen molar-refractivity contribution in [2.45, 2.75) is 32.2 Å². The van der Waals surface area contributed by atoms with E-state index in [1.807, 2.05) is 23.3 Å². The van der Waals surface area contributed by atoms with E-state index < -0.39 is 0 Å². The number of aryl methyl sites for hydroxylation is 3. The minimum atomic E-state index is 0.354. The van der Waals surface area contributed by atoms with E-state index in [1.165, 1.54) is 0 Å². The van der Waals surface area contributed by atoms with E-state index in [9.17, 15) is 0 Å². The van der Waals surface area contributed by atoms with E-state index in [0.29, 0.717) is 12.4 Å². The lowest BCUT2D eigenvalue weighted by atomic mass is 10.2. The first-order valence-corrected chi connectivity index (χ1v) is 7.49. The lowest BCUT2D eigenvalue weighted by molar-refractivity contribution is 0.664. The molecule has 0 aromatic carbocycles. The van der Waals surface area contributed by atoms with E-state index in [-0.39, 0.29) is 0 Å². The molecule has 3 aromatic heterocycles. The molecule has 0 aliphatic heterocycles. The second kappa shape index (κ2) is 5.48. The van der Waals surface area contributed by atoms with E-state index in [4.69, 9.17) is 11.6 Å². The van der Waals surface area contributed by atoms with E-state index in [2.05, 4.69) is 27.1 Å². The molecular weight excluding hydrogens is 290 g/mol. The van der Waals surface area contributed by atoms with Gasteiger partial charge in [0.05, 0.1) is 18.1 Å². The summed E-state index contributed by atoms with van der Waals surface area (Å²) in [5.74, 6) is 1.92. The SMILES string of the molecule is CCCc1nn(C)c2c1nc(CCl)n2Cc1ncn(C)n1. The van der Waals surface area contributed by atoms with E-state index in [1.54, 1.807) is 11.0 Å². The lowest BCUT2D eigenvalue weighted by Crippen LogP contribution is -2.09. The van der Waals surface area contributed by atoms with Crippen LogP contribution in [-0.4, -0.2) is 34.1 Å². The Hall–Kier alpha value is -1.89. The van der Waals surface area contributed by atoms with Crippen LogP contribution in [0.1, 0.15) is 30.7 Å². The summed E-state index contributed by atoms with van der Waals surface area (Å²) < 4.78 is 5.60. The Kier molecular flexibility index (Phi) is 3.67. The maximum absolute atomic E-state index is 6.05. The molecule has 21 heavy (non-hydrogen) atoms. The first-order chi connectivity index (χ1) is 10.1. The van der Waals surface area contributed by atoms with Gasteiger partial charge in [-0.1, -0.05) is 13.3 Å². The normalized spacial score (nSPS) is 11.6. The first-order valence-electron chi connectivity index (χ1n) is 6.95. The van der Waals surface area contributed by atoms with Crippen LogP contribution in [0.4, 0.5) is 0 Å². The number of nitrogens with zero attached hydrogens (tertiary/aromatic N) is 7. The largest absolute Gasteiger partial charge is 0.304 e. The Bertz CT molecular complexity index is 767. The van der Waals surface area contributed by atoms with Crippen molar-refractivity contribution in [2.24, 2.45) is 14.1 Å². The average Bonchev–Trinajstić information content (AvgIpc) is 3.09. The van der Waals surface area contributed by atoms with Crippen molar-refractivity contribution in [3.8, 4) is 0 Å². The molecular formula is C13H18ClN7. The summed E-state index contributed by atoms with van der Waals surface area (Å²) in [6, 6.07) is 0. The monoisotopic (exact) mass is 307 g/mol. The predicted octanol–water partition coefficient (Wildman–Crippen LogP) is 1.64. The molecule has 0 N–H and O–H groups in total. The van der Waals surface area contributed by atoms with E-state index in [0.717, 1.165) is 41.3 Å². The predicted molar refractivity (Wildman–Crippen MR) is 80.2 cm³/mol. The number of alkyl halides is 1. The van der Waals surface area contributed by atoms with Crippen molar-refractivity contribution in [3.63, 3.8) is 0 Å². The minimum Gasteiger partial charge on any atom is -0.304 e. The molecule has 3 heterocycles. The summed E-state index contributed by atoms with van der Waals surface area (Å²) in [5.41, 5.74) is 2.93. The highest BCUT2D eigenvalue weighted by atomic mass is 35.5. The van der Waals surface area contributed by atoms with Gasteiger partial charge in [-0.2, -0.15) is 10.2 Å². The van der Waals surface area contributed by atoms with Crippen LogP contribution >= 0.6 is 11.6 Å². The molecule has 0 radical (unpaired) electrons. The number of fused-ring (bicyclic) bond motifs is 1. The van der Waals surface area contributed by atoms with Gasteiger partial charge in [-0.25, -0.2) is 9.97 Å². The molecule has 0 amide bonds. The molecule has 0 spiro atoms. The van der Waals surface area contributed by atoms with Crippen LogP contribution in [0, 0.1) is 0 Å². The van der Waals surface area contributed by atoms with Gasteiger partial charge in [0.1, 0.15) is 17.7 Å². The quantitative estimate of drug-likeness (QED) is 0.672. The van der Waals surface area contributed by atoms with Crippen molar-refractivity contribution >= 4 is 22.8 Å². The highest BCUT2D eigenvalue weighted by Crippen LogP contribution is 2.22. The van der Waals surface area contributed by atoms with Crippen molar-refractivity contribution < 1.29 is 0 Å². The van der Waals surface area contributed by atoms with Crippen LogP contribution in [0.3, 0.4) is 0 Å². The summed E-state index contributed by atoms with van der Waals surface area (Å²) in [6.45, 7) is 2.68. The number of rotatable bonds is 5. The third-order valence-corrected chi connectivity index (χ3v) is 3.66. The summed E-state index contributed by atoms with van der Waals surface area (Å²) in [4.78, 5) is 8.94. The van der Waals surface area contributed by atoms with Crippen LogP contribution in [0.5, 0.6) is 0 Å². The Balaban J connectivity index is 2.11. The molecule has 0 aliphatic carbocycles. The zero-order valence-corrected chi connectivity index (χ0v) is 13.2. The molecule has 0 unspecified atom stereocenters. The molecule has 0 bridgehead atoms. The second-order valence-corrected chi connectivity index (χ2v) is 5.34. The summed E-state index contributed by atoms with van der Waals surface area (Å²) in [6.07, 6.45) is 3.64. The molecule has 0 aliphatic rings. The molecule has 0 atom stereocenters. The maximum atomic E-state index is 6.05. The zero-order valence-electron chi connectivity index (χ0n) is 12.4. The summed E-state index contributed by atoms with van der Waals surface area (Å²) >= 11 is 6.05. The lowest BCUT2D eigenvalue weighted by Gasteiger charge is -2.05. The van der Waals surface area contributed by atoms with Crippen LogP contribution in [-0.2, 0) is 32.9 Å². The second-order valence-electron chi connectivity index (χ2n) is 5.07. The van der Waals surface area contributed by atoms with Gasteiger partial charge in [0.2, 0.25) is 0 Å². The van der Waals surface area contributed by atoms with Crippen LogP contribution in [0.25, 0.3) is 11.2 Å². The number of hydrogen-bond acceptors (Lipinski definition) is 4. The van der Waals surface area contributed by atoms with Gasteiger partial charge in [0, 0.05) is 14.1 Å². The molecule has 0 fully saturated rings. The fourth-order valence-corrected chi connectivity index (χ4v) is 2.76. The summed E-state index contributed by atoms with van der Waals surface area (Å²) in [7, 11) is 3.79. The van der Waals surface area contributed by atoms with Crippen LogP contribution < -0.4 is 0 Å². The zero-order chi connectivity index (χ0) is 15.0. The third-order valence-electron chi connectivity index (χ3n) is 3.42. The standard InChI is InChI=1S/C13H18ClN7/c1-4-5-9-12-13(20(3)17-9)21(11(6-14)16-12)7-10-15-8-19(2)18-10/h8H,4-7H2,1-3H3. The topological polar surface area (TPSA) is 66.3 Å². The fourth-order valence-electron chi connectivity index (χ4n) is 2.56. The van der Waals surface area contributed by atoms with Crippen LogP contribution in [0.15, 0.2) is 6.33 Å². The smallest absolute Gasteiger partial charge is 0.170 e. The van der Waals surface area contributed by atoms with Crippen molar-refractivity contribution in [1.82, 2.24) is 34.1 Å². The van der Waals surface area contributed by atoms with Gasteiger partial charge in [-0.15, -0.1) is 11.6 Å². The first kappa shape index (κ1) is 14.1. The van der Waals surface area contributed by atoms with Crippen molar-refractivity contribution in [1.29, 1.82) is 0 Å². The molecule has 0 saturated heterocycles. The number of halogens is 1. The molecule has 3 aromatic rings. The Labute approximate surface area is 127 Å². The minimum absolute atomic E-state index is 0.354. The fraction of sp³-hybridized carbons (Fsp3) is 0.538. The molecule has 0 saturated carbocycles. The van der Waals surface area contributed by atoms with Gasteiger partial charge in [-0.3, -0.25) is 9.36 Å². The average molecular weight is 308 g/mol. The van der Waals surface area contributed by atoms with Crippen LogP contribution in [0.2, 0.25) is 0 Å². The van der Waals surface area contributed by atoms with Crippen molar-refractivity contribution in [2.75, 3.05) is 0 Å². The van der Waals surface area contributed by atoms with Crippen molar-refractivity contribution in [3.05, 3.63) is 23.7 Å². The third kappa shape index (κ3) is 2.42. The number of hydrogen-bond donors (Lipinski definition) is 0. The van der Waals surface area contributed by atoms with Gasteiger partial charge in [0.25, 0.3) is 0 Å². The molecule has 3 rings (SSSR count). The molecule has 112 valence electrons. The molecule has 8 heteroatoms. The summed E-state index contributed by atoms with van der Waals surface area (Å²) in [5, 5.41) is 8.89. The number of imidazole rings is 1. The van der Waals surface area contributed by atoms with Gasteiger partial charge < -0.3 is 4.57 Å². The maximum Gasteiger partial charge on any atom is 0.170 e. The Morgan fingerprint density at radius 1 is 1.24 bits per heavy atom. The Morgan fingerprint density at radius 3 is 2.67 bits per heavy atom. The molecule has 7 nitrogen and oxygen atoms in total. The highest BCUT2D eigenvalue weighted by Gasteiger charge is 2.19.